The lowest BCUT2D eigenvalue weighted by Crippen LogP contribution is -2.08. The molecular formula is C14H10ClFN2O. The Bertz CT molecular complexity index is 594. The van der Waals surface area contributed by atoms with Gasteiger partial charge in [-0.25, -0.2) is 9.37 Å². The topological polar surface area (TPSA) is 42.0 Å². The molecule has 2 aromatic rings. The number of halogens is 2. The van der Waals surface area contributed by atoms with Crippen LogP contribution in [-0.2, 0) is 4.79 Å². The van der Waals surface area contributed by atoms with Crippen molar-refractivity contribution in [1.82, 2.24) is 4.98 Å². The van der Waals surface area contributed by atoms with Crippen molar-refractivity contribution in [3.8, 4) is 0 Å². The summed E-state index contributed by atoms with van der Waals surface area (Å²) in [4.78, 5) is 15.5. The summed E-state index contributed by atoms with van der Waals surface area (Å²) in [6.07, 6.45) is 4.10. The number of carbonyl (C=O) groups is 1. The predicted molar refractivity (Wildman–Crippen MR) is 73.3 cm³/mol. The number of hydrogen-bond acceptors (Lipinski definition) is 2. The Morgan fingerprint density at radius 2 is 2.11 bits per heavy atom. The highest BCUT2D eigenvalue weighted by atomic mass is 35.5. The van der Waals surface area contributed by atoms with Gasteiger partial charge in [0, 0.05) is 17.8 Å². The van der Waals surface area contributed by atoms with Crippen molar-refractivity contribution in [3.63, 3.8) is 0 Å². The van der Waals surface area contributed by atoms with Crippen LogP contribution in [0, 0.1) is 5.82 Å². The quantitative estimate of drug-likeness (QED) is 0.872. The molecule has 0 saturated carbocycles. The summed E-state index contributed by atoms with van der Waals surface area (Å²) >= 11 is 5.84. The molecule has 0 bridgehead atoms. The van der Waals surface area contributed by atoms with Crippen molar-refractivity contribution in [2.75, 3.05) is 5.32 Å². The number of pyridine rings is 1. The van der Waals surface area contributed by atoms with Crippen LogP contribution in [0.3, 0.4) is 0 Å². The number of nitrogens with zero attached hydrogens (tertiary/aromatic N) is 1. The molecule has 0 atom stereocenters. The minimum absolute atomic E-state index is 0.181. The van der Waals surface area contributed by atoms with E-state index in [1.807, 2.05) is 0 Å². The van der Waals surface area contributed by atoms with Gasteiger partial charge < -0.3 is 5.32 Å². The summed E-state index contributed by atoms with van der Waals surface area (Å²) < 4.78 is 13.4. The van der Waals surface area contributed by atoms with E-state index in [1.54, 1.807) is 30.5 Å². The number of hydrogen-bond donors (Lipinski definition) is 1. The molecule has 0 aliphatic heterocycles. The largest absolute Gasteiger partial charge is 0.307 e. The number of rotatable bonds is 3. The first kappa shape index (κ1) is 13.2. The first-order chi connectivity index (χ1) is 9.16. The summed E-state index contributed by atoms with van der Waals surface area (Å²) in [5.74, 6) is -0.454. The van der Waals surface area contributed by atoms with E-state index in [0.29, 0.717) is 5.82 Å². The van der Waals surface area contributed by atoms with Crippen LogP contribution in [0.2, 0.25) is 5.02 Å². The van der Waals surface area contributed by atoms with Crippen LogP contribution in [-0.4, -0.2) is 10.9 Å². The molecule has 0 aliphatic rings. The Labute approximate surface area is 114 Å². The highest BCUT2D eigenvalue weighted by molar-refractivity contribution is 6.32. The zero-order valence-corrected chi connectivity index (χ0v) is 10.6. The van der Waals surface area contributed by atoms with Gasteiger partial charge >= 0.3 is 0 Å². The third-order valence-corrected chi connectivity index (χ3v) is 2.65. The van der Waals surface area contributed by atoms with Gasteiger partial charge in [0.1, 0.15) is 11.6 Å². The normalized spacial score (nSPS) is 10.6. The number of anilines is 1. The third kappa shape index (κ3) is 3.63. The molecule has 1 heterocycles. The van der Waals surface area contributed by atoms with Crippen LogP contribution in [0.4, 0.5) is 10.2 Å². The molecular weight excluding hydrogens is 267 g/mol. The van der Waals surface area contributed by atoms with E-state index in [4.69, 9.17) is 11.6 Å². The van der Waals surface area contributed by atoms with Crippen molar-refractivity contribution in [3.05, 3.63) is 65.1 Å². The Morgan fingerprint density at radius 1 is 1.26 bits per heavy atom. The molecule has 0 spiro atoms. The van der Waals surface area contributed by atoms with E-state index in [-0.39, 0.29) is 10.6 Å². The monoisotopic (exact) mass is 276 g/mol. The van der Waals surface area contributed by atoms with Gasteiger partial charge in [0.05, 0.1) is 5.02 Å². The van der Waals surface area contributed by atoms with Crippen LogP contribution in [0.5, 0.6) is 0 Å². The SMILES string of the molecule is O=C(/C=C/c1c(F)cccc1Cl)Nc1ccccn1. The summed E-state index contributed by atoms with van der Waals surface area (Å²) in [5.41, 5.74) is 0.181. The number of amides is 1. The minimum atomic E-state index is -0.477. The smallest absolute Gasteiger partial charge is 0.249 e. The Balaban J connectivity index is 2.09. The summed E-state index contributed by atoms with van der Waals surface area (Å²) in [6.45, 7) is 0. The predicted octanol–water partition coefficient (Wildman–Crippen LogP) is 3.53. The van der Waals surface area contributed by atoms with Gasteiger partial charge in [-0.2, -0.15) is 0 Å². The van der Waals surface area contributed by atoms with Crippen LogP contribution in [0.15, 0.2) is 48.7 Å². The second kappa shape index (κ2) is 6.11. The van der Waals surface area contributed by atoms with Crippen molar-refractivity contribution in [2.24, 2.45) is 0 Å². The average Bonchev–Trinajstić information content (AvgIpc) is 2.39. The fourth-order valence-corrected chi connectivity index (χ4v) is 1.66. The zero-order valence-electron chi connectivity index (χ0n) is 9.81. The van der Waals surface area contributed by atoms with Gasteiger partial charge in [0.25, 0.3) is 0 Å². The maximum atomic E-state index is 13.4. The molecule has 0 fully saturated rings. The molecule has 0 unspecified atom stereocenters. The maximum Gasteiger partial charge on any atom is 0.249 e. The van der Waals surface area contributed by atoms with E-state index < -0.39 is 11.7 Å². The second-order valence-electron chi connectivity index (χ2n) is 3.67. The van der Waals surface area contributed by atoms with Crippen molar-refractivity contribution < 1.29 is 9.18 Å². The first-order valence-corrected chi connectivity index (χ1v) is 5.89. The lowest BCUT2D eigenvalue weighted by atomic mass is 10.2. The standard InChI is InChI=1S/C14H10ClFN2O/c15-11-4-3-5-12(16)10(11)7-8-14(19)18-13-6-1-2-9-17-13/h1-9H,(H,17,18,19)/b8-7+. The molecule has 0 radical (unpaired) electrons. The van der Waals surface area contributed by atoms with E-state index in [0.717, 1.165) is 0 Å². The Morgan fingerprint density at radius 3 is 2.79 bits per heavy atom. The average molecular weight is 277 g/mol. The van der Waals surface area contributed by atoms with Crippen molar-refractivity contribution in [1.29, 1.82) is 0 Å². The molecule has 1 aromatic heterocycles. The Hall–Kier alpha value is -2.20. The highest BCUT2D eigenvalue weighted by Crippen LogP contribution is 2.20. The number of nitrogens with one attached hydrogen (secondary N) is 1. The van der Waals surface area contributed by atoms with E-state index >= 15 is 0 Å². The van der Waals surface area contributed by atoms with Crippen LogP contribution >= 0.6 is 11.6 Å². The minimum Gasteiger partial charge on any atom is -0.307 e. The van der Waals surface area contributed by atoms with Crippen LogP contribution in [0.1, 0.15) is 5.56 Å². The fourth-order valence-electron chi connectivity index (χ4n) is 1.43. The lowest BCUT2D eigenvalue weighted by Gasteiger charge is -2.01. The van der Waals surface area contributed by atoms with Crippen molar-refractivity contribution in [2.45, 2.75) is 0 Å². The molecule has 96 valence electrons. The van der Waals surface area contributed by atoms with Crippen LogP contribution < -0.4 is 5.32 Å². The lowest BCUT2D eigenvalue weighted by molar-refractivity contribution is -0.111. The number of benzene rings is 1. The van der Waals surface area contributed by atoms with Gasteiger partial charge in [0.15, 0.2) is 0 Å². The third-order valence-electron chi connectivity index (χ3n) is 2.32. The van der Waals surface area contributed by atoms with Gasteiger partial charge in [-0.15, -0.1) is 0 Å². The molecule has 1 amide bonds. The van der Waals surface area contributed by atoms with Gasteiger partial charge in [-0.1, -0.05) is 23.7 Å². The molecule has 2 rings (SSSR count). The molecule has 0 saturated heterocycles. The molecule has 19 heavy (non-hydrogen) atoms. The van der Waals surface area contributed by atoms with E-state index in [2.05, 4.69) is 10.3 Å². The van der Waals surface area contributed by atoms with Crippen molar-refractivity contribution >= 4 is 29.4 Å². The zero-order chi connectivity index (χ0) is 13.7. The van der Waals surface area contributed by atoms with Gasteiger partial charge in [-0.3, -0.25) is 4.79 Å². The van der Waals surface area contributed by atoms with E-state index in [9.17, 15) is 9.18 Å². The summed E-state index contributed by atoms with van der Waals surface area (Å²) in [5, 5.41) is 2.80. The first-order valence-electron chi connectivity index (χ1n) is 5.51. The summed E-state index contributed by atoms with van der Waals surface area (Å²) in [6, 6.07) is 9.48. The number of carbonyl (C=O) groups excluding carboxylic acids is 1. The molecule has 0 aliphatic carbocycles. The fraction of sp³-hybridized carbons (Fsp3) is 0. The Kier molecular flexibility index (Phi) is 4.26. The molecule has 1 N–H and O–H groups in total. The molecule has 5 heteroatoms. The summed E-state index contributed by atoms with van der Waals surface area (Å²) in [7, 11) is 0. The highest BCUT2D eigenvalue weighted by Gasteiger charge is 2.04. The van der Waals surface area contributed by atoms with Gasteiger partial charge in [0.2, 0.25) is 5.91 Å². The maximum absolute atomic E-state index is 13.4. The molecule has 3 nitrogen and oxygen atoms in total. The van der Waals surface area contributed by atoms with E-state index in [1.165, 1.54) is 24.3 Å². The number of aromatic nitrogens is 1. The second-order valence-corrected chi connectivity index (χ2v) is 4.08. The van der Waals surface area contributed by atoms with Gasteiger partial charge in [-0.05, 0) is 30.3 Å². The van der Waals surface area contributed by atoms with Crippen LogP contribution in [0.25, 0.3) is 6.08 Å². The molecule has 1 aromatic carbocycles.